The largest absolute Gasteiger partial charge is 0.497 e. The van der Waals surface area contributed by atoms with Crippen LogP contribution in [0.3, 0.4) is 0 Å². The Kier molecular flexibility index (Phi) is 6.92. The summed E-state index contributed by atoms with van der Waals surface area (Å²) in [5.41, 5.74) is 4.64. The number of fused-ring (bicyclic) bond motifs is 1. The predicted molar refractivity (Wildman–Crippen MR) is 147 cm³/mol. The first kappa shape index (κ1) is 24.2. The van der Waals surface area contributed by atoms with Gasteiger partial charge in [-0.2, -0.15) is 0 Å². The molecule has 0 fully saturated rings. The molecular formula is C28H24N6O2S. The molecule has 2 aromatic heterocycles. The molecule has 3 aromatic carbocycles. The summed E-state index contributed by atoms with van der Waals surface area (Å²) in [6.45, 7) is 8.06. The monoisotopic (exact) mass is 508 g/mol. The van der Waals surface area contributed by atoms with E-state index in [0.717, 1.165) is 28.1 Å². The first-order valence-electron chi connectivity index (χ1n) is 11.6. The molecule has 0 bridgehead atoms. The molecule has 0 atom stereocenters. The van der Waals surface area contributed by atoms with Crippen LogP contribution in [0.2, 0.25) is 0 Å². The summed E-state index contributed by atoms with van der Waals surface area (Å²) >= 11 is 1.41. The van der Waals surface area contributed by atoms with E-state index >= 15 is 0 Å². The van der Waals surface area contributed by atoms with Crippen LogP contribution in [0.5, 0.6) is 5.75 Å². The Morgan fingerprint density at radius 1 is 1.08 bits per heavy atom. The number of aryl methyl sites for hydroxylation is 1. The fraction of sp³-hybridized carbons (Fsp3) is 0.143. The van der Waals surface area contributed by atoms with Crippen molar-refractivity contribution in [3.05, 3.63) is 106 Å². The Hall–Kier alpha value is -4.55. The maximum atomic E-state index is 12.6. The molecule has 0 aliphatic heterocycles. The molecule has 0 radical (unpaired) electrons. The van der Waals surface area contributed by atoms with E-state index in [2.05, 4.69) is 36.8 Å². The maximum Gasteiger partial charge on any atom is 0.276 e. The van der Waals surface area contributed by atoms with Crippen molar-refractivity contribution in [1.29, 1.82) is 0 Å². The number of benzene rings is 3. The number of anilines is 1. The summed E-state index contributed by atoms with van der Waals surface area (Å²) in [7, 11) is 3.59. The number of H-pyrrole nitrogens is 1. The first-order valence-corrected chi connectivity index (χ1v) is 12.6. The van der Waals surface area contributed by atoms with Crippen LogP contribution in [-0.2, 0) is 19.3 Å². The third-order valence-corrected chi connectivity index (χ3v) is 6.91. The number of rotatable bonds is 8. The second-order valence-electron chi connectivity index (χ2n) is 8.33. The second kappa shape index (κ2) is 10.6. The zero-order valence-corrected chi connectivity index (χ0v) is 21.2. The van der Waals surface area contributed by atoms with Gasteiger partial charge in [0.1, 0.15) is 11.6 Å². The summed E-state index contributed by atoms with van der Waals surface area (Å²) < 4.78 is 7.38. The quantitative estimate of drug-likeness (QED) is 0.157. The molecule has 0 aliphatic rings. The van der Waals surface area contributed by atoms with Crippen molar-refractivity contribution in [3.8, 4) is 17.0 Å². The number of para-hydroxylation sites is 2. The normalized spacial score (nSPS) is 10.8. The molecule has 37 heavy (non-hydrogen) atoms. The van der Waals surface area contributed by atoms with Gasteiger partial charge < -0.3 is 19.6 Å². The average Bonchev–Trinajstić information content (AvgIpc) is 3.26. The molecule has 0 spiro atoms. The molecule has 0 saturated heterocycles. The van der Waals surface area contributed by atoms with Crippen molar-refractivity contribution >= 4 is 34.2 Å². The number of thioether (sulfide) groups is 1. The summed E-state index contributed by atoms with van der Waals surface area (Å²) in [5, 5.41) is 3.91. The fourth-order valence-electron chi connectivity index (χ4n) is 4.05. The van der Waals surface area contributed by atoms with E-state index in [-0.39, 0.29) is 5.69 Å². The summed E-state index contributed by atoms with van der Waals surface area (Å²) in [4.78, 5) is 28.1. The van der Waals surface area contributed by atoms with Crippen molar-refractivity contribution in [2.75, 3.05) is 12.4 Å². The van der Waals surface area contributed by atoms with Gasteiger partial charge in [0.05, 0.1) is 37.0 Å². The van der Waals surface area contributed by atoms with Gasteiger partial charge in [-0.3, -0.25) is 4.79 Å². The molecule has 9 heteroatoms. The minimum absolute atomic E-state index is 0.0363. The predicted octanol–water partition coefficient (Wildman–Crippen LogP) is 5.79. The van der Waals surface area contributed by atoms with E-state index in [0.29, 0.717) is 34.5 Å². The standard InChI is InChI=1S/C28H24N6O2S/c1-29-26-25(19-9-7-11-21(15-19)36-3)32-28(33-27(26)35)37-17-18-8-6-10-20(14-18)30-16-24-31-22-12-4-5-13-23(22)34(24)2/h4-15,30H,16-17H2,2-3H3,(H,32,33,35). The number of ether oxygens (including phenoxy) is 1. The van der Waals surface area contributed by atoms with Crippen LogP contribution in [0.1, 0.15) is 11.4 Å². The molecule has 0 unspecified atom stereocenters. The van der Waals surface area contributed by atoms with Crippen molar-refractivity contribution in [3.63, 3.8) is 0 Å². The topological polar surface area (TPSA) is 89.2 Å². The molecule has 0 aliphatic carbocycles. The maximum absolute atomic E-state index is 12.6. The lowest BCUT2D eigenvalue weighted by Crippen LogP contribution is -2.09. The SMILES string of the molecule is [C-]#[N+]c1c(-c2cccc(OC)c2)nc(SCc2cccc(NCc3nc4ccccc4n3C)c2)[nH]c1=O. The molecule has 8 nitrogen and oxygen atoms in total. The van der Waals surface area contributed by atoms with Crippen molar-refractivity contribution in [2.24, 2.45) is 7.05 Å². The molecule has 184 valence electrons. The van der Waals surface area contributed by atoms with E-state index in [1.165, 1.54) is 11.8 Å². The molecule has 2 N–H and O–H groups in total. The lowest BCUT2D eigenvalue weighted by atomic mass is 10.1. The zero-order valence-electron chi connectivity index (χ0n) is 20.4. The van der Waals surface area contributed by atoms with E-state index in [1.807, 2.05) is 55.6 Å². The average molecular weight is 509 g/mol. The molecule has 5 rings (SSSR count). The van der Waals surface area contributed by atoms with Crippen LogP contribution in [0.15, 0.2) is 82.7 Å². The van der Waals surface area contributed by atoms with Gasteiger partial charge in [0.15, 0.2) is 5.16 Å². The second-order valence-corrected chi connectivity index (χ2v) is 9.29. The minimum atomic E-state index is -0.455. The van der Waals surface area contributed by atoms with Crippen LogP contribution in [-0.4, -0.2) is 26.6 Å². The Balaban J connectivity index is 1.31. The van der Waals surface area contributed by atoms with Crippen LogP contribution >= 0.6 is 11.8 Å². The number of imidazole rings is 1. The third-order valence-electron chi connectivity index (χ3n) is 5.96. The van der Waals surface area contributed by atoms with Gasteiger partial charge in [-0.05, 0) is 47.5 Å². The molecule has 0 saturated carbocycles. The Labute approximate surface area is 218 Å². The number of aromatic amines is 1. The van der Waals surface area contributed by atoms with Crippen LogP contribution < -0.4 is 15.6 Å². The third kappa shape index (κ3) is 5.20. The van der Waals surface area contributed by atoms with E-state index in [1.54, 1.807) is 19.2 Å². The number of aromatic nitrogens is 4. The lowest BCUT2D eigenvalue weighted by molar-refractivity contribution is 0.415. The van der Waals surface area contributed by atoms with Crippen LogP contribution in [0.4, 0.5) is 11.4 Å². The van der Waals surface area contributed by atoms with Gasteiger partial charge in [-0.1, -0.05) is 48.2 Å². The van der Waals surface area contributed by atoms with Gasteiger partial charge in [-0.25, -0.2) is 14.8 Å². The van der Waals surface area contributed by atoms with E-state index < -0.39 is 5.56 Å². The number of hydrogen-bond acceptors (Lipinski definition) is 6. The van der Waals surface area contributed by atoms with Gasteiger partial charge >= 0.3 is 0 Å². The van der Waals surface area contributed by atoms with E-state index in [4.69, 9.17) is 16.3 Å². The number of nitrogens with one attached hydrogen (secondary N) is 2. The highest BCUT2D eigenvalue weighted by atomic mass is 32.2. The number of methoxy groups -OCH3 is 1. The minimum Gasteiger partial charge on any atom is -0.497 e. The highest BCUT2D eigenvalue weighted by Crippen LogP contribution is 2.30. The van der Waals surface area contributed by atoms with Crippen molar-refractivity contribution < 1.29 is 4.74 Å². The Bertz CT molecular complexity index is 1680. The van der Waals surface area contributed by atoms with Crippen molar-refractivity contribution in [2.45, 2.75) is 17.5 Å². The highest BCUT2D eigenvalue weighted by Gasteiger charge is 2.15. The molecule has 0 amide bonds. The summed E-state index contributed by atoms with van der Waals surface area (Å²) in [6, 6.07) is 23.4. The molecular weight excluding hydrogens is 484 g/mol. The number of nitrogens with zero attached hydrogens (tertiary/aromatic N) is 4. The van der Waals surface area contributed by atoms with Gasteiger partial charge in [-0.15, -0.1) is 0 Å². The molecule has 5 aromatic rings. The van der Waals surface area contributed by atoms with E-state index in [9.17, 15) is 4.79 Å². The van der Waals surface area contributed by atoms with Gasteiger partial charge in [0.25, 0.3) is 11.2 Å². The lowest BCUT2D eigenvalue weighted by Gasteiger charge is -2.10. The Morgan fingerprint density at radius 2 is 1.92 bits per heavy atom. The summed E-state index contributed by atoms with van der Waals surface area (Å²) in [5.74, 6) is 2.18. The summed E-state index contributed by atoms with van der Waals surface area (Å²) in [6.07, 6.45) is 0. The highest BCUT2D eigenvalue weighted by molar-refractivity contribution is 7.98. The fourth-order valence-corrected chi connectivity index (χ4v) is 4.85. The first-order chi connectivity index (χ1) is 18.1. The molecule has 2 heterocycles. The number of hydrogen-bond donors (Lipinski definition) is 2. The van der Waals surface area contributed by atoms with Crippen LogP contribution in [0, 0.1) is 6.57 Å². The van der Waals surface area contributed by atoms with Crippen LogP contribution in [0.25, 0.3) is 27.1 Å². The van der Waals surface area contributed by atoms with Gasteiger partial charge in [0.2, 0.25) is 0 Å². The van der Waals surface area contributed by atoms with Crippen molar-refractivity contribution in [1.82, 2.24) is 19.5 Å². The Morgan fingerprint density at radius 3 is 2.73 bits per heavy atom. The van der Waals surface area contributed by atoms with Gasteiger partial charge in [0, 0.05) is 18.5 Å². The smallest absolute Gasteiger partial charge is 0.276 e. The zero-order chi connectivity index (χ0) is 25.8.